The van der Waals surface area contributed by atoms with Gasteiger partial charge >= 0.3 is 0 Å². The molecule has 0 aliphatic rings. The van der Waals surface area contributed by atoms with Gasteiger partial charge < -0.3 is 5.73 Å². The van der Waals surface area contributed by atoms with E-state index < -0.39 is 0 Å². The fourth-order valence-electron chi connectivity index (χ4n) is 0.863. The second kappa shape index (κ2) is 1.70. The first kappa shape index (κ1) is 5.22. The van der Waals surface area contributed by atoms with Crippen LogP contribution in [0.3, 0.4) is 0 Å². The van der Waals surface area contributed by atoms with Crippen LogP contribution in [0.25, 0.3) is 11.0 Å². The Labute approximate surface area is 57.0 Å². The number of rotatable bonds is 0. The zero-order valence-electron chi connectivity index (χ0n) is 5.20. The average molecular weight is 134 g/mol. The Kier molecular flexibility index (Phi) is 0.887. The summed E-state index contributed by atoms with van der Waals surface area (Å²) >= 11 is 0. The molecule has 0 aliphatic heterocycles. The molecule has 0 amide bonds. The second-order valence-corrected chi connectivity index (χ2v) is 2.09. The molecule has 0 radical (unpaired) electrons. The lowest BCUT2D eigenvalue weighted by molar-refractivity contribution is 0.959. The number of hydrogen-bond donors (Lipinski definition) is 2. The van der Waals surface area contributed by atoms with Crippen LogP contribution in [0.1, 0.15) is 0 Å². The predicted molar refractivity (Wildman–Crippen MR) is 38.3 cm³/mol. The van der Waals surface area contributed by atoms with Gasteiger partial charge in [0.25, 0.3) is 0 Å². The quantitative estimate of drug-likeness (QED) is 0.517. The molecule has 0 atom stereocenters. The molecule has 1 aromatic heterocycles. The highest BCUT2D eigenvalue weighted by Gasteiger charge is 1.94. The van der Waals surface area contributed by atoms with Crippen molar-refractivity contribution >= 4 is 16.7 Å². The van der Waals surface area contributed by atoms with Gasteiger partial charge in [-0.25, -0.2) is 0 Å². The summed E-state index contributed by atoms with van der Waals surface area (Å²) in [6.45, 7) is 0. The molecule has 3 N–H and O–H groups in total. The van der Waals surface area contributed by atoms with Crippen molar-refractivity contribution in [2.24, 2.45) is 0 Å². The van der Waals surface area contributed by atoms with Crippen LogP contribution in [0.15, 0.2) is 18.2 Å². The number of nitrogens with one attached hydrogen (secondary N) is 1. The van der Waals surface area contributed by atoms with Gasteiger partial charge in [-0.1, -0.05) is 5.21 Å². The number of benzene rings is 1. The minimum absolute atomic E-state index is 0.721. The number of H-pyrrole nitrogens is 1. The summed E-state index contributed by atoms with van der Waals surface area (Å²) in [4.78, 5) is 0. The normalized spacial score (nSPS) is 10.4. The third-order valence-electron chi connectivity index (χ3n) is 1.35. The molecule has 1 heterocycles. The Morgan fingerprint density at radius 1 is 1.40 bits per heavy atom. The van der Waals surface area contributed by atoms with Crippen LogP contribution < -0.4 is 5.73 Å². The van der Waals surface area contributed by atoms with Gasteiger partial charge in [0, 0.05) is 5.69 Å². The van der Waals surface area contributed by atoms with Crippen molar-refractivity contribution < 1.29 is 0 Å². The van der Waals surface area contributed by atoms with Crippen LogP contribution >= 0.6 is 0 Å². The summed E-state index contributed by atoms with van der Waals surface area (Å²) in [5, 5.41) is 10.1. The Hall–Kier alpha value is -1.58. The maximum absolute atomic E-state index is 5.51. The molecule has 10 heavy (non-hydrogen) atoms. The number of nitrogens with zero attached hydrogens (tertiary/aromatic N) is 2. The van der Waals surface area contributed by atoms with Crippen LogP contribution in [0.5, 0.6) is 0 Å². The largest absolute Gasteiger partial charge is 0.399 e. The van der Waals surface area contributed by atoms with E-state index in [0.717, 1.165) is 16.7 Å². The number of anilines is 1. The lowest BCUT2D eigenvalue weighted by atomic mass is 10.3. The predicted octanol–water partition coefficient (Wildman–Crippen LogP) is 0.540. The van der Waals surface area contributed by atoms with Gasteiger partial charge in [-0.2, -0.15) is 0 Å². The van der Waals surface area contributed by atoms with Crippen LogP contribution in [0.4, 0.5) is 5.69 Å². The number of nitrogen functional groups attached to an aromatic ring is 1. The van der Waals surface area contributed by atoms with E-state index in [0.29, 0.717) is 0 Å². The second-order valence-electron chi connectivity index (χ2n) is 2.09. The third kappa shape index (κ3) is 0.621. The summed E-state index contributed by atoms with van der Waals surface area (Å²) in [7, 11) is 0. The molecule has 0 saturated carbocycles. The minimum Gasteiger partial charge on any atom is -0.399 e. The Balaban J connectivity index is 2.86. The fourth-order valence-corrected chi connectivity index (χ4v) is 0.863. The number of aromatic nitrogens is 3. The molecule has 0 fully saturated rings. The highest BCUT2D eigenvalue weighted by atomic mass is 15.3. The first-order chi connectivity index (χ1) is 4.86. The van der Waals surface area contributed by atoms with E-state index in [-0.39, 0.29) is 0 Å². The van der Waals surface area contributed by atoms with E-state index in [1.54, 1.807) is 12.1 Å². The molecule has 4 nitrogen and oxygen atoms in total. The highest BCUT2D eigenvalue weighted by molar-refractivity contribution is 5.77. The SMILES string of the molecule is Nc1ccc2nn[nH]c2c1. The van der Waals surface area contributed by atoms with Gasteiger partial charge in [-0.3, -0.25) is 5.10 Å². The molecule has 0 bridgehead atoms. The molecule has 0 aliphatic carbocycles. The summed E-state index contributed by atoms with van der Waals surface area (Å²) in [5.41, 5.74) is 7.95. The third-order valence-corrected chi connectivity index (χ3v) is 1.35. The zero-order chi connectivity index (χ0) is 6.97. The van der Waals surface area contributed by atoms with E-state index >= 15 is 0 Å². The smallest absolute Gasteiger partial charge is 0.113 e. The van der Waals surface area contributed by atoms with Crippen molar-refractivity contribution in [1.82, 2.24) is 15.4 Å². The number of fused-ring (bicyclic) bond motifs is 1. The summed E-state index contributed by atoms with van der Waals surface area (Å²) in [6.07, 6.45) is 0. The first-order valence-corrected chi connectivity index (χ1v) is 2.92. The molecule has 50 valence electrons. The van der Waals surface area contributed by atoms with Gasteiger partial charge in [0.05, 0.1) is 5.52 Å². The Bertz CT molecular complexity index is 351. The van der Waals surface area contributed by atoms with Crippen LogP contribution in [-0.4, -0.2) is 15.4 Å². The summed E-state index contributed by atoms with van der Waals surface area (Å²) < 4.78 is 0. The van der Waals surface area contributed by atoms with Crippen molar-refractivity contribution in [2.75, 3.05) is 5.73 Å². The van der Waals surface area contributed by atoms with E-state index in [4.69, 9.17) is 5.73 Å². The number of hydrogen-bond acceptors (Lipinski definition) is 3. The topological polar surface area (TPSA) is 67.6 Å². The van der Waals surface area contributed by atoms with E-state index in [1.807, 2.05) is 6.07 Å². The maximum Gasteiger partial charge on any atom is 0.113 e. The maximum atomic E-state index is 5.51. The van der Waals surface area contributed by atoms with Crippen LogP contribution in [0.2, 0.25) is 0 Å². The number of nitrogens with two attached hydrogens (primary N) is 1. The van der Waals surface area contributed by atoms with Crippen molar-refractivity contribution in [3.63, 3.8) is 0 Å². The zero-order valence-corrected chi connectivity index (χ0v) is 5.20. The lowest BCUT2D eigenvalue weighted by Gasteiger charge is -1.88. The summed E-state index contributed by atoms with van der Waals surface area (Å²) in [5.74, 6) is 0. The molecule has 0 saturated heterocycles. The van der Waals surface area contributed by atoms with Gasteiger partial charge in [0.2, 0.25) is 0 Å². The Morgan fingerprint density at radius 2 is 2.30 bits per heavy atom. The van der Waals surface area contributed by atoms with Gasteiger partial charge in [0.1, 0.15) is 5.52 Å². The van der Waals surface area contributed by atoms with E-state index in [9.17, 15) is 0 Å². The van der Waals surface area contributed by atoms with Gasteiger partial charge in [-0.05, 0) is 18.2 Å². The number of aromatic amines is 1. The Morgan fingerprint density at radius 3 is 3.20 bits per heavy atom. The summed E-state index contributed by atoms with van der Waals surface area (Å²) in [6, 6.07) is 5.42. The van der Waals surface area contributed by atoms with Crippen molar-refractivity contribution in [2.45, 2.75) is 0 Å². The molecule has 4 heteroatoms. The van der Waals surface area contributed by atoms with E-state index in [1.165, 1.54) is 0 Å². The molecule has 1 aromatic carbocycles. The molecule has 2 aromatic rings. The molecule has 0 unspecified atom stereocenters. The molecular weight excluding hydrogens is 128 g/mol. The highest BCUT2D eigenvalue weighted by Crippen LogP contribution is 2.10. The average Bonchev–Trinajstić information content (AvgIpc) is 2.33. The lowest BCUT2D eigenvalue weighted by Crippen LogP contribution is -1.82. The standard InChI is InChI=1S/C6H6N4/c7-4-1-2-5-6(3-4)9-10-8-5/h1-3H,7H2,(H,8,9,10). The van der Waals surface area contributed by atoms with E-state index in [2.05, 4.69) is 15.4 Å². The van der Waals surface area contributed by atoms with Crippen molar-refractivity contribution in [1.29, 1.82) is 0 Å². The fraction of sp³-hybridized carbons (Fsp3) is 0. The van der Waals surface area contributed by atoms with Gasteiger partial charge in [0.15, 0.2) is 0 Å². The van der Waals surface area contributed by atoms with Crippen LogP contribution in [-0.2, 0) is 0 Å². The minimum atomic E-state index is 0.721. The monoisotopic (exact) mass is 134 g/mol. The molecule has 2 rings (SSSR count). The van der Waals surface area contributed by atoms with Crippen molar-refractivity contribution in [3.8, 4) is 0 Å². The molecule has 0 spiro atoms. The first-order valence-electron chi connectivity index (χ1n) is 2.92. The molecular formula is C6H6N4. The van der Waals surface area contributed by atoms with Crippen LogP contribution in [0, 0.1) is 0 Å². The van der Waals surface area contributed by atoms with Gasteiger partial charge in [-0.15, -0.1) is 5.10 Å². The van der Waals surface area contributed by atoms with Crippen molar-refractivity contribution in [3.05, 3.63) is 18.2 Å².